The lowest BCUT2D eigenvalue weighted by Crippen LogP contribution is -2.35. The van der Waals surface area contributed by atoms with Crippen LogP contribution in [0.4, 0.5) is 8.78 Å². The number of hydrogen-bond acceptors (Lipinski definition) is 2. The Balaban J connectivity index is 2.16. The highest BCUT2D eigenvalue weighted by Crippen LogP contribution is 2.29. The quantitative estimate of drug-likeness (QED) is 0.806. The van der Waals surface area contributed by atoms with Crippen LogP contribution in [0.3, 0.4) is 0 Å². The molecule has 0 saturated heterocycles. The third kappa shape index (κ3) is 2.85. The predicted molar refractivity (Wildman–Crippen MR) is 61.8 cm³/mol. The van der Waals surface area contributed by atoms with Gasteiger partial charge in [0, 0.05) is 18.7 Å². The van der Waals surface area contributed by atoms with E-state index in [1.807, 2.05) is 0 Å². The molecule has 3 nitrogen and oxygen atoms in total. The van der Waals surface area contributed by atoms with Crippen LogP contribution >= 0.6 is 0 Å². The van der Waals surface area contributed by atoms with E-state index in [0.717, 1.165) is 12.8 Å². The first-order valence-corrected chi connectivity index (χ1v) is 5.84. The van der Waals surface area contributed by atoms with Crippen molar-refractivity contribution >= 4 is 5.91 Å². The van der Waals surface area contributed by atoms with Gasteiger partial charge in [-0.05, 0) is 25.0 Å². The molecule has 0 aromatic heterocycles. The summed E-state index contributed by atoms with van der Waals surface area (Å²) in [5, 5.41) is 0. The second-order valence-electron chi connectivity index (χ2n) is 4.39. The fraction of sp³-hybridized carbons (Fsp3) is 0.462. The molecule has 98 valence electrons. The number of nitrogens with zero attached hydrogens (tertiary/aromatic N) is 1. The highest BCUT2D eigenvalue weighted by molar-refractivity contribution is 5.78. The van der Waals surface area contributed by atoms with Crippen LogP contribution in [-0.4, -0.2) is 30.6 Å². The van der Waals surface area contributed by atoms with Crippen molar-refractivity contribution in [1.82, 2.24) is 4.90 Å². The topological polar surface area (TPSA) is 29.5 Å². The van der Waals surface area contributed by atoms with Crippen molar-refractivity contribution in [2.24, 2.45) is 0 Å². The Hall–Kier alpha value is -1.49. The molecule has 0 heterocycles. The van der Waals surface area contributed by atoms with Gasteiger partial charge < -0.3 is 9.64 Å². The van der Waals surface area contributed by atoms with Crippen LogP contribution < -0.4 is 0 Å². The molecule has 1 aromatic carbocycles. The molecule has 0 N–H and O–H groups in total. The number of carbonyl (C=O) groups excluding carboxylic acids is 1. The zero-order chi connectivity index (χ0) is 13.1. The number of ether oxygens (including phenoxy) is 1. The highest BCUT2D eigenvalue weighted by atomic mass is 19.1. The average molecular weight is 255 g/mol. The Morgan fingerprint density at radius 1 is 1.39 bits per heavy atom. The lowest BCUT2D eigenvalue weighted by molar-refractivity contribution is -0.136. The zero-order valence-electron chi connectivity index (χ0n) is 10.2. The van der Waals surface area contributed by atoms with Crippen LogP contribution in [0, 0.1) is 11.6 Å². The molecule has 1 aliphatic rings. The van der Waals surface area contributed by atoms with Crippen LogP contribution in [0.1, 0.15) is 18.4 Å². The van der Waals surface area contributed by atoms with Crippen LogP contribution in [0.25, 0.3) is 0 Å². The van der Waals surface area contributed by atoms with Gasteiger partial charge in [-0.25, -0.2) is 8.78 Å². The Labute approximate surface area is 104 Å². The van der Waals surface area contributed by atoms with Gasteiger partial charge in [-0.3, -0.25) is 4.79 Å². The molecule has 1 saturated carbocycles. The number of methoxy groups -OCH3 is 1. The molecule has 5 heteroatoms. The van der Waals surface area contributed by atoms with Crippen LogP contribution in [0.2, 0.25) is 0 Å². The molecule has 1 fully saturated rings. The molecular formula is C13H15F2NO2. The van der Waals surface area contributed by atoms with Crippen molar-refractivity contribution in [2.45, 2.75) is 25.4 Å². The number of rotatable bonds is 5. The van der Waals surface area contributed by atoms with E-state index in [9.17, 15) is 13.6 Å². The van der Waals surface area contributed by atoms with Gasteiger partial charge in [0.1, 0.15) is 18.2 Å². The fourth-order valence-electron chi connectivity index (χ4n) is 1.87. The average Bonchev–Trinajstić information content (AvgIpc) is 3.13. The Morgan fingerprint density at radius 3 is 2.50 bits per heavy atom. The molecule has 1 aliphatic carbocycles. The number of amides is 1. The van der Waals surface area contributed by atoms with Crippen LogP contribution in [-0.2, 0) is 16.1 Å². The first kappa shape index (κ1) is 13.0. The van der Waals surface area contributed by atoms with E-state index < -0.39 is 11.6 Å². The third-order valence-electron chi connectivity index (χ3n) is 2.97. The van der Waals surface area contributed by atoms with Crippen LogP contribution in [0.15, 0.2) is 18.2 Å². The predicted octanol–water partition coefficient (Wildman–Crippen LogP) is 2.10. The summed E-state index contributed by atoms with van der Waals surface area (Å²) in [6.07, 6.45) is 1.76. The lowest BCUT2D eigenvalue weighted by Gasteiger charge is -2.22. The summed E-state index contributed by atoms with van der Waals surface area (Å²) in [6.45, 7) is -0.0993. The fourth-order valence-corrected chi connectivity index (χ4v) is 1.87. The standard InChI is InChI=1S/C13H15F2NO2/c1-18-8-13(17)16(9-5-6-9)7-10-11(14)3-2-4-12(10)15/h2-4,9H,5-8H2,1H3. The van der Waals surface area contributed by atoms with Crippen molar-refractivity contribution in [3.05, 3.63) is 35.4 Å². The Bertz CT molecular complexity index is 426. The van der Waals surface area contributed by atoms with Crippen molar-refractivity contribution in [2.75, 3.05) is 13.7 Å². The molecule has 1 amide bonds. The summed E-state index contributed by atoms with van der Waals surface area (Å²) in [5.41, 5.74) is -0.0612. The SMILES string of the molecule is COCC(=O)N(Cc1c(F)cccc1F)C1CC1. The van der Waals surface area contributed by atoms with Gasteiger partial charge in [-0.1, -0.05) is 6.07 Å². The van der Waals surface area contributed by atoms with E-state index in [4.69, 9.17) is 4.74 Å². The largest absolute Gasteiger partial charge is 0.375 e. The van der Waals surface area contributed by atoms with E-state index in [1.54, 1.807) is 0 Å². The number of hydrogen-bond donors (Lipinski definition) is 0. The van der Waals surface area contributed by atoms with E-state index in [-0.39, 0.29) is 30.7 Å². The molecule has 18 heavy (non-hydrogen) atoms. The van der Waals surface area contributed by atoms with E-state index in [0.29, 0.717) is 0 Å². The Kier molecular flexibility index (Phi) is 3.91. The summed E-state index contributed by atoms with van der Waals surface area (Å²) in [4.78, 5) is 13.3. The lowest BCUT2D eigenvalue weighted by atomic mass is 10.2. The second-order valence-corrected chi connectivity index (χ2v) is 4.39. The molecule has 0 aliphatic heterocycles. The monoisotopic (exact) mass is 255 g/mol. The van der Waals surface area contributed by atoms with Crippen molar-refractivity contribution in [3.8, 4) is 0 Å². The first-order chi connectivity index (χ1) is 8.63. The summed E-state index contributed by atoms with van der Waals surface area (Å²) < 4.78 is 31.9. The van der Waals surface area contributed by atoms with E-state index in [1.165, 1.54) is 30.2 Å². The minimum Gasteiger partial charge on any atom is -0.375 e. The van der Waals surface area contributed by atoms with Gasteiger partial charge in [0.25, 0.3) is 0 Å². The first-order valence-electron chi connectivity index (χ1n) is 5.84. The number of halogens is 2. The van der Waals surface area contributed by atoms with Gasteiger partial charge in [0.05, 0.1) is 6.54 Å². The van der Waals surface area contributed by atoms with Crippen molar-refractivity contribution < 1.29 is 18.3 Å². The molecular weight excluding hydrogens is 240 g/mol. The molecule has 2 rings (SSSR count). The maximum absolute atomic E-state index is 13.5. The summed E-state index contributed by atoms with van der Waals surface area (Å²) in [5.74, 6) is -1.47. The number of carbonyl (C=O) groups is 1. The molecule has 0 unspecified atom stereocenters. The van der Waals surface area contributed by atoms with E-state index in [2.05, 4.69) is 0 Å². The molecule has 1 aromatic rings. The van der Waals surface area contributed by atoms with Crippen molar-refractivity contribution in [3.63, 3.8) is 0 Å². The van der Waals surface area contributed by atoms with E-state index >= 15 is 0 Å². The van der Waals surface area contributed by atoms with Gasteiger partial charge >= 0.3 is 0 Å². The normalized spacial score (nSPS) is 14.6. The minimum atomic E-state index is -0.620. The summed E-state index contributed by atoms with van der Waals surface area (Å²) >= 11 is 0. The van der Waals surface area contributed by atoms with Gasteiger partial charge in [-0.15, -0.1) is 0 Å². The maximum Gasteiger partial charge on any atom is 0.249 e. The second kappa shape index (κ2) is 5.44. The van der Waals surface area contributed by atoms with Gasteiger partial charge in [-0.2, -0.15) is 0 Å². The van der Waals surface area contributed by atoms with Crippen molar-refractivity contribution in [1.29, 1.82) is 0 Å². The highest BCUT2D eigenvalue weighted by Gasteiger charge is 2.33. The smallest absolute Gasteiger partial charge is 0.249 e. The van der Waals surface area contributed by atoms with Gasteiger partial charge in [0.15, 0.2) is 0 Å². The molecule has 0 spiro atoms. The summed E-state index contributed by atoms with van der Waals surface area (Å²) in [7, 11) is 1.42. The molecule has 0 atom stereocenters. The molecule has 0 bridgehead atoms. The molecule has 0 radical (unpaired) electrons. The van der Waals surface area contributed by atoms with Gasteiger partial charge in [0.2, 0.25) is 5.91 Å². The maximum atomic E-state index is 13.5. The zero-order valence-corrected chi connectivity index (χ0v) is 10.2. The third-order valence-corrected chi connectivity index (χ3v) is 2.97. The van der Waals surface area contributed by atoms with Crippen LogP contribution in [0.5, 0.6) is 0 Å². The minimum absolute atomic E-state index is 0.0363. The number of benzene rings is 1. The summed E-state index contributed by atoms with van der Waals surface area (Å²) in [6, 6.07) is 3.80. The Morgan fingerprint density at radius 2 is 2.00 bits per heavy atom.